The van der Waals surface area contributed by atoms with Gasteiger partial charge < -0.3 is 20.3 Å². The molecule has 0 atom stereocenters. The van der Waals surface area contributed by atoms with E-state index in [1.165, 1.54) is 0 Å². The van der Waals surface area contributed by atoms with E-state index in [1.54, 1.807) is 16.8 Å². The van der Waals surface area contributed by atoms with E-state index in [9.17, 15) is 4.79 Å². The monoisotopic (exact) mass is 359 g/mol. The van der Waals surface area contributed by atoms with Crippen LogP contribution in [0.2, 0.25) is 0 Å². The zero-order chi connectivity index (χ0) is 18.5. The van der Waals surface area contributed by atoms with Crippen molar-refractivity contribution in [3.05, 3.63) is 24.0 Å². The van der Waals surface area contributed by atoms with Crippen molar-refractivity contribution in [2.45, 2.75) is 26.4 Å². The van der Waals surface area contributed by atoms with Gasteiger partial charge in [-0.2, -0.15) is 0 Å². The van der Waals surface area contributed by atoms with E-state index in [4.69, 9.17) is 4.74 Å². The fourth-order valence-electron chi connectivity index (χ4n) is 2.73. The van der Waals surface area contributed by atoms with Crippen LogP contribution < -0.4 is 15.4 Å². The second-order valence-electron chi connectivity index (χ2n) is 6.51. The molecule has 0 aliphatic carbocycles. The van der Waals surface area contributed by atoms with Crippen molar-refractivity contribution in [2.75, 3.05) is 31.5 Å². The highest BCUT2D eigenvalue weighted by atomic mass is 16.5. The van der Waals surface area contributed by atoms with Gasteiger partial charge in [-0.05, 0) is 38.9 Å². The lowest BCUT2D eigenvalue weighted by molar-refractivity contribution is 0.0759. The molecule has 0 spiro atoms. The first-order valence-electron chi connectivity index (χ1n) is 8.84. The first kappa shape index (κ1) is 18.1. The average Bonchev–Trinajstić information content (AvgIpc) is 2.80. The van der Waals surface area contributed by atoms with Gasteiger partial charge in [-0.15, -0.1) is 15.3 Å². The number of aromatic nitrogens is 4. The summed E-state index contributed by atoms with van der Waals surface area (Å²) in [7, 11) is 1.82. The molecule has 2 aromatic rings. The van der Waals surface area contributed by atoms with Crippen molar-refractivity contribution in [3.8, 4) is 5.88 Å². The Morgan fingerprint density at radius 2 is 2.12 bits per heavy atom. The number of carbonyl (C=O) groups is 1. The summed E-state index contributed by atoms with van der Waals surface area (Å²) in [5.74, 6) is 0.945. The van der Waals surface area contributed by atoms with Gasteiger partial charge >= 0.3 is 0 Å². The molecule has 1 amide bonds. The normalized spacial score (nSPS) is 15.0. The van der Waals surface area contributed by atoms with Gasteiger partial charge in [0.25, 0.3) is 11.8 Å². The summed E-state index contributed by atoms with van der Waals surface area (Å²) in [6.45, 7) is 7.04. The molecule has 26 heavy (non-hydrogen) atoms. The minimum atomic E-state index is -0.0852. The number of amides is 1. The van der Waals surface area contributed by atoms with Crippen molar-refractivity contribution >= 4 is 17.4 Å². The fraction of sp³-hybridized carbons (Fsp3) is 0.529. The van der Waals surface area contributed by atoms with Crippen LogP contribution >= 0.6 is 0 Å². The molecule has 3 rings (SSSR count). The maximum atomic E-state index is 12.5. The van der Waals surface area contributed by atoms with Gasteiger partial charge in [0.1, 0.15) is 5.69 Å². The number of nitrogens with zero attached hydrogens (tertiary/aromatic N) is 5. The summed E-state index contributed by atoms with van der Waals surface area (Å²) in [5.41, 5.74) is 1.05. The van der Waals surface area contributed by atoms with E-state index in [2.05, 4.69) is 25.9 Å². The Kier molecular flexibility index (Phi) is 5.67. The van der Waals surface area contributed by atoms with Crippen molar-refractivity contribution in [2.24, 2.45) is 7.05 Å². The van der Waals surface area contributed by atoms with E-state index in [1.807, 2.05) is 32.0 Å². The maximum absolute atomic E-state index is 12.5. The minimum absolute atomic E-state index is 0.0136. The Morgan fingerprint density at radius 3 is 2.85 bits per heavy atom. The van der Waals surface area contributed by atoms with Crippen LogP contribution in [-0.4, -0.2) is 63.1 Å². The molecule has 1 fully saturated rings. The average molecular weight is 359 g/mol. The van der Waals surface area contributed by atoms with E-state index < -0.39 is 0 Å². The van der Waals surface area contributed by atoms with Gasteiger partial charge in [-0.1, -0.05) is 0 Å². The van der Waals surface area contributed by atoms with E-state index in [0.717, 1.165) is 26.1 Å². The van der Waals surface area contributed by atoms with Crippen LogP contribution in [0.4, 0.5) is 11.5 Å². The van der Waals surface area contributed by atoms with E-state index >= 15 is 0 Å². The van der Waals surface area contributed by atoms with Crippen molar-refractivity contribution < 1.29 is 9.53 Å². The predicted octanol–water partition coefficient (Wildman–Crippen LogP) is 1.18. The molecule has 0 saturated carbocycles. The van der Waals surface area contributed by atoms with Gasteiger partial charge in [-0.3, -0.25) is 9.48 Å². The Hall–Kier alpha value is -2.68. The Bertz CT molecular complexity index is 734. The topological polar surface area (TPSA) is 97.2 Å². The van der Waals surface area contributed by atoms with Crippen LogP contribution in [0.5, 0.6) is 5.88 Å². The minimum Gasteiger partial charge on any atom is -0.472 e. The molecule has 0 radical (unpaired) electrons. The molecule has 2 aromatic heterocycles. The summed E-state index contributed by atoms with van der Waals surface area (Å²) in [4.78, 5) is 14.4. The van der Waals surface area contributed by atoms with Crippen molar-refractivity contribution in [3.63, 3.8) is 0 Å². The molecule has 3 heterocycles. The van der Waals surface area contributed by atoms with Crippen LogP contribution in [0.25, 0.3) is 0 Å². The van der Waals surface area contributed by atoms with Crippen LogP contribution in [-0.2, 0) is 7.05 Å². The first-order chi connectivity index (χ1) is 12.5. The SMILES string of the molecule is CC(C)Oc1nn(C)cc1Nc1ccc(C(=O)N2CCCNCC2)nn1. The Balaban J connectivity index is 1.69. The number of anilines is 2. The molecule has 1 saturated heterocycles. The van der Waals surface area contributed by atoms with Crippen LogP contribution in [0.1, 0.15) is 30.8 Å². The lowest BCUT2D eigenvalue weighted by Gasteiger charge is -2.19. The number of aryl methyl sites for hydroxylation is 1. The number of nitrogens with one attached hydrogen (secondary N) is 2. The van der Waals surface area contributed by atoms with Crippen molar-refractivity contribution in [1.29, 1.82) is 0 Å². The highest BCUT2D eigenvalue weighted by molar-refractivity contribution is 5.92. The Morgan fingerprint density at radius 1 is 1.27 bits per heavy atom. The number of hydrogen-bond acceptors (Lipinski definition) is 7. The second-order valence-corrected chi connectivity index (χ2v) is 6.51. The van der Waals surface area contributed by atoms with Gasteiger partial charge in [0, 0.05) is 26.7 Å². The van der Waals surface area contributed by atoms with E-state index in [0.29, 0.717) is 29.6 Å². The summed E-state index contributed by atoms with van der Waals surface area (Å²) in [5, 5.41) is 18.9. The summed E-state index contributed by atoms with van der Waals surface area (Å²) in [6.07, 6.45) is 2.76. The number of carbonyl (C=O) groups excluding carboxylic acids is 1. The third-order valence-corrected chi connectivity index (χ3v) is 3.92. The highest BCUT2D eigenvalue weighted by Crippen LogP contribution is 2.25. The summed E-state index contributed by atoms with van der Waals surface area (Å²) >= 11 is 0. The molecule has 0 bridgehead atoms. The van der Waals surface area contributed by atoms with Gasteiger partial charge in [0.2, 0.25) is 0 Å². The van der Waals surface area contributed by atoms with Crippen LogP contribution in [0, 0.1) is 0 Å². The first-order valence-corrected chi connectivity index (χ1v) is 8.84. The fourth-order valence-corrected chi connectivity index (χ4v) is 2.73. The van der Waals surface area contributed by atoms with Gasteiger partial charge in [-0.25, -0.2) is 0 Å². The van der Waals surface area contributed by atoms with Crippen LogP contribution in [0.3, 0.4) is 0 Å². The summed E-state index contributed by atoms with van der Waals surface area (Å²) in [6, 6.07) is 3.43. The summed E-state index contributed by atoms with van der Waals surface area (Å²) < 4.78 is 7.35. The standard InChI is InChI=1S/C17H25N7O2/c1-12(2)26-16-14(11-23(3)22-16)19-15-6-5-13(20-21-15)17(25)24-9-4-7-18-8-10-24/h5-6,11-12,18H,4,7-10H2,1-3H3,(H,19,21). The number of hydrogen-bond donors (Lipinski definition) is 2. The molecular formula is C17H25N7O2. The van der Waals surface area contributed by atoms with Crippen LogP contribution in [0.15, 0.2) is 18.3 Å². The third kappa shape index (κ3) is 4.48. The second kappa shape index (κ2) is 8.13. The largest absolute Gasteiger partial charge is 0.472 e. The number of rotatable bonds is 5. The molecule has 0 aromatic carbocycles. The Labute approximate surface area is 152 Å². The molecule has 1 aliphatic heterocycles. The predicted molar refractivity (Wildman–Crippen MR) is 97.7 cm³/mol. The zero-order valence-electron chi connectivity index (χ0n) is 15.4. The zero-order valence-corrected chi connectivity index (χ0v) is 15.4. The lowest BCUT2D eigenvalue weighted by atomic mass is 10.3. The van der Waals surface area contributed by atoms with Gasteiger partial charge in [0.15, 0.2) is 11.5 Å². The highest BCUT2D eigenvalue weighted by Gasteiger charge is 2.19. The number of ether oxygens (including phenoxy) is 1. The molecule has 1 aliphatic rings. The smallest absolute Gasteiger partial charge is 0.274 e. The van der Waals surface area contributed by atoms with Gasteiger partial charge in [0.05, 0.1) is 12.3 Å². The third-order valence-electron chi connectivity index (χ3n) is 3.92. The van der Waals surface area contributed by atoms with Crippen molar-refractivity contribution in [1.82, 2.24) is 30.2 Å². The lowest BCUT2D eigenvalue weighted by Crippen LogP contribution is -2.34. The maximum Gasteiger partial charge on any atom is 0.274 e. The molecule has 0 unspecified atom stereocenters. The molecular weight excluding hydrogens is 334 g/mol. The van der Waals surface area contributed by atoms with E-state index in [-0.39, 0.29) is 12.0 Å². The molecule has 140 valence electrons. The molecule has 2 N–H and O–H groups in total. The quantitative estimate of drug-likeness (QED) is 0.827. The molecule has 9 nitrogen and oxygen atoms in total. The molecule has 9 heteroatoms.